The minimum Gasteiger partial charge on any atom is -0.385 e. The summed E-state index contributed by atoms with van der Waals surface area (Å²) in [7, 11) is 0. The number of halogens is 1. The zero-order valence-electron chi connectivity index (χ0n) is 6.63. The van der Waals surface area contributed by atoms with E-state index in [1.807, 2.05) is 12.1 Å². The van der Waals surface area contributed by atoms with Crippen LogP contribution in [-0.4, -0.2) is 5.11 Å². The van der Waals surface area contributed by atoms with Gasteiger partial charge in [0.15, 0.2) is 0 Å². The maximum Gasteiger partial charge on any atom is 0.110 e. The van der Waals surface area contributed by atoms with Crippen molar-refractivity contribution in [2.45, 2.75) is 18.8 Å². The molecule has 1 nitrogen and oxygen atoms in total. The van der Waals surface area contributed by atoms with Gasteiger partial charge < -0.3 is 5.11 Å². The molecule has 0 aliphatic heterocycles. The molecular weight excluding hydrogens is 216 g/mol. The van der Waals surface area contributed by atoms with Crippen molar-refractivity contribution in [3.05, 3.63) is 40.4 Å². The van der Waals surface area contributed by atoms with Crippen molar-refractivity contribution < 1.29 is 5.11 Å². The van der Waals surface area contributed by atoms with Gasteiger partial charge in [0.1, 0.15) is 6.61 Å². The molecule has 0 atom stereocenters. The highest BCUT2D eigenvalue weighted by atomic mass is 79.9. The van der Waals surface area contributed by atoms with Gasteiger partial charge in [0.05, 0.1) is 0 Å². The normalized spacial score (nSPS) is 16.5. The van der Waals surface area contributed by atoms with E-state index in [2.05, 4.69) is 22.0 Å². The number of hydrogen-bond donors (Lipinski definition) is 1. The Morgan fingerprint density at radius 3 is 2.75 bits per heavy atom. The fourth-order valence-corrected chi connectivity index (χ4v) is 2.07. The Morgan fingerprint density at radius 1 is 1.42 bits per heavy atom. The molecule has 1 aliphatic rings. The van der Waals surface area contributed by atoms with Gasteiger partial charge in [-0.05, 0) is 29.9 Å². The summed E-state index contributed by atoms with van der Waals surface area (Å²) in [5, 5.41) is 8.89. The second-order valence-electron chi connectivity index (χ2n) is 3.15. The monoisotopic (exact) mass is 225 g/mol. The summed E-state index contributed by atoms with van der Waals surface area (Å²) in [6, 6.07) is 6.01. The third-order valence-corrected chi connectivity index (χ3v) is 3.13. The molecule has 1 fully saturated rings. The fourth-order valence-electron chi connectivity index (χ4n) is 1.38. The van der Waals surface area contributed by atoms with Crippen LogP contribution in [-0.2, 0) is 0 Å². The van der Waals surface area contributed by atoms with E-state index in [1.54, 1.807) is 0 Å². The van der Waals surface area contributed by atoms with Crippen molar-refractivity contribution in [2.24, 2.45) is 0 Å². The SMILES string of the molecule is O[CH]c1cccc(C2CC2)c1Br. The molecule has 1 aliphatic carbocycles. The first-order chi connectivity index (χ1) is 5.83. The predicted molar refractivity (Wildman–Crippen MR) is 51.5 cm³/mol. The second-order valence-corrected chi connectivity index (χ2v) is 3.95. The summed E-state index contributed by atoms with van der Waals surface area (Å²) in [5.74, 6) is 0.722. The largest absolute Gasteiger partial charge is 0.385 e. The zero-order chi connectivity index (χ0) is 8.55. The Hall–Kier alpha value is -0.340. The molecule has 1 N–H and O–H groups in total. The van der Waals surface area contributed by atoms with Crippen molar-refractivity contribution in [3.63, 3.8) is 0 Å². The van der Waals surface area contributed by atoms with Gasteiger partial charge in [-0.3, -0.25) is 0 Å². The number of hydrogen-bond acceptors (Lipinski definition) is 1. The first-order valence-electron chi connectivity index (χ1n) is 4.09. The number of aliphatic hydroxyl groups excluding tert-OH is 1. The Morgan fingerprint density at radius 2 is 2.17 bits per heavy atom. The highest BCUT2D eigenvalue weighted by Gasteiger charge is 2.25. The highest BCUT2D eigenvalue weighted by Crippen LogP contribution is 2.44. The minimum atomic E-state index is 0.722. The van der Waals surface area contributed by atoms with Gasteiger partial charge >= 0.3 is 0 Å². The van der Waals surface area contributed by atoms with Gasteiger partial charge in [0.25, 0.3) is 0 Å². The van der Waals surface area contributed by atoms with E-state index in [-0.39, 0.29) is 0 Å². The van der Waals surface area contributed by atoms with Crippen LogP contribution in [0.5, 0.6) is 0 Å². The van der Waals surface area contributed by atoms with Gasteiger partial charge in [0, 0.05) is 4.47 Å². The van der Waals surface area contributed by atoms with Gasteiger partial charge in [-0.15, -0.1) is 0 Å². The Bertz CT molecular complexity index is 292. The summed E-state index contributed by atoms with van der Waals surface area (Å²) >= 11 is 3.49. The van der Waals surface area contributed by atoms with E-state index in [4.69, 9.17) is 5.11 Å². The molecule has 1 aromatic carbocycles. The molecule has 0 unspecified atom stereocenters. The molecule has 1 aromatic rings. The molecule has 2 heteroatoms. The van der Waals surface area contributed by atoms with Gasteiger partial charge in [-0.1, -0.05) is 34.1 Å². The summed E-state index contributed by atoms with van der Waals surface area (Å²) < 4.78 is 1.05. The summed E-state index contributed by atoms with van der Waals surface area (Å²) in [6.45, 7) is 1.15. The summed E-state index contributed by atoms with van der Waals surface area (Å²) in [4.78, 5) is 0. The average Bonchev–Trinajstić information content (AvgIpc) is 2.88. The first kappa shape index (κ1) is 8.27. The standard InChI is InChI=1S/C10H10BrO/c11-10-8(6-12)2-1-3-9(10)7-4-5-7/h1-3,6-7,12H,4-5H2. The summed E-state index contributed by atoms with van der Waals surface area (Å²) in [6.07, 6.45) is 2.57. The van der Waals surface area contributed by atoms with Crippen molar-refractivity contribution in [3.8, 4) is 0 Å². The maximum atomic E-state index is 8.89. The third kappa shape index (κ3) is 1.41. The van der Waals surface area contributed by atoms with Crippen LogP contribution in [0.1, 0.15) is 29.9 Å². The van der Waals surface area contributed by atoms with Crippen LogP contribution in [0.4, 0.5) is 0 Å². The predicted octanol–water partition coefficient (Wildman–Crippen LogP) is 3.21. The smallest absolute Gasteiger partial charge is 0.110 e. The zero-order valence-corrected chi connectivity index (χ0v) is 8.21. The van der Waals surface area contributed by atoms with Crippen molar-refractivity contribution >= 4 is 15.9 Å². The van der Waals surface area contributed by atoms with Crippen molar-refractivity contribution in [2.75, 3.05) is 0 Å². The molecule has 1 radical (unpaired) electrons. The Balaban J connectivity index is 2.40. The van der Waals surface area contributed by atoms with E-state index < -0.39 is 0 Å². The highest BCUT2D eigenvalue weighted by molar-refractivity contribution is 9.10. The average molecular weight is 226 g/mol. The van der Waals surface area contributed by atoms with Crippen LogP contribution in [0, 0.1) is 6.61 Å². The molecule has 63 valence electrons. The molecule has 0 bridgehead atoms. The quantitative estimate of drug-likeness (QED) is 0.820. The molecule has 0 saturated heterocycles. The van der Waals surface area contributed by atoms with E-state index in [0.29, 0.717) is 0 Å². The van der Waals surface area contributed by atoms with E-state index >= 15 is 0 Å². The molecule has 0 aromatic heterocycles. The lowest BCUT2D eigenvalue weighted by atomic mass is 10.1. The topological polar surface area (TPSA) is 20.2 Å². The van der Waals surface area contributed by atoms with E-state index in [1.165, 1.54) is 18.4 Å². The number of rotatable bonds is 2. The van der Waals surface area contributed by atoms with E-state index in [0.717, 1.165) is 22.6 Å². The molecule has 12 heavy (non-hydrogen) atoms. The Kier molecular flexibility index (Phi) is 2.20. The third-order valence-electron chi connectivity index (χ3n) is 2.21. The molecule has 0 amide bonds. The maximum absolute atomic E-state index is 8.89. The molecule has 2 rings (SSSR count). The van der Waals surface area contributed by atoms with Gasteiger partial charge in [-0.2, -0.15) is 0 Å². The van der Waals surface area contributed by atoms with Crippen LogP contribution in [0.15, 0.2) is 22.7 Å². The summed E-state index contributed by atoms with van der Waals surface area (Å²) in [5.41, 5.74) is 2.21. The molecule has 1 saturated carbocycles. The van der Waals surface area contributed by atoms with Crippen molar-refractivity contribution in [1.82, 2.24) is 0 Å². The van der Waals surface area contributed by atoms with Crippen LogP contribution in [0.3, 0.4) is 0 Å². The lowest BCUT2D eigenvalue weighted by Crippen LogP contribution is -1.88. The second kappa shape index (κ2) is 3.19. The Labute approximate surface area is 80.5 Å². The molecule has 0 spiro atoms. The van der Waals surface area contributed by atoms with Crippen LogP contribution in [0.25, 0.3) is 0 Å². The number of benzene rings is 1. The molecular formula is C10H10BrO. The van der Waals surface area contributed by atoms with Gasteiger partial charge in [-0.25, -0.2) is 0 Å². The van der Waals surface area contributed by atoms with E-state index in [9.17, 15) is 0 Å². The van der Waals surface area contributed by atoms with Crippen molar-refractivity contribution in [1.29, 1.82) is 0 Å². The van der Waals surface area contributed by atoms with Crippen LogP contribution < -0.4 is 0 Å². The number of aliphatic hydroxyl groups is 1. The molecule has 0 heterocycles. The van der Waals surface area contributed by atoms with Crippen LogP contribution >= 0.6 is 15.9 Å². The van der Waals surface area contributed by atoms with Crippen LogP contribution in [0.2, 0.25) is 0 Å². The lowest BCUT2D eigenvalue weighted by molar-refractivity contribution is 0.414. The fraction of sp³-hybridized carbons (Fsp3) is 0.300. The minimum absolute atomic E-state index is 0.722. The lowest BCUT2D eigenvalue weighted by Gasteiger charge is -2.05. The first-order valence-corrected chi connectivity index (χ1v) is 4.88. The van der Waals surface area contributed by atoms with Gasteiger partial charge in [0.2, 0.25) is 0 Å².